The Hall–Kier alpha value is -2.18. The summed E-state index contributed by atoms with van der Waals surface area (Å²) in [6.45, 7) is 0. The molecule has 1 heterocycles. The Balaban J connectivity index is 2.43. The lowest BCUT2D eigenvalue weighted by molar-refractivity contribution is -0.136. The Morgan fingerprint density at radius 3 is 2.44 bits per heavy atom. The Morgan fingerprint density at radius 2 is 1.88 bits per heavy atom. The number of rotatable bonds is 5. The summed E-state index contributed by atoms with van der Waals surface area (Å²) in [5, 5.41) is 5.45. The van der Waals surface area contributed by atoms with Crippen molar-refractivity contribution in [1.82, 2.24) is 14.7 Å². The van der Waals surface area contributed by atoms with Crippen molar-refractivity contribution in [3.63, 3.8) is 0 Å². The summed E-state index contributed by atoms with van der Waals surface area (Å²) in [7, 11) is 8.59. The smallest absolute Gasteiger partial charge is 0.356 e. The van der Waals surface area contributed by atoms with Crippen LogP contribution in [-0.4, -0.2) is 48.9 Å². The van der Waals surface area contributed by atoms with Gasteiger partial charge >= 0.3 is 5.97 Å². The average Bonchev–Trinajstić information content (AvgIpc) is 2.95. The zero-order chi connectivity index (χ0) is 18.7. The van der Waals surface area contributed by atoms with Crippen LogP contribution in [0.25, 0.3) is 11.3 Å². The second kappa shape index (κ2) is 7.80. The van der Waals surface area contributed by atoms with Crippen molar-refractivity contribution in [3.05, 3.63) is 46.2 Å². The third-order valence-electron chi connectivity index (χ3n) is 3.56. The van der Waals surface area contributed by atoms with Crippen molar-refractivity contribution in [2.24, 2.45) is 7.05 Å². The number of aromatic nitrogens is 2. The first kappa shape index (κ1) is 19.1. The molecule has 2 rings (SSSR count). The van der Waals surface area contributed by atoms with Gasteiger partial charge in [-0.25, -0.2) is 4.79 Å². The number of hydrogen-bond acceptors (Lipinski definition) is 5. The number of likely N-dealkylation sites (N-methyl/N-ethyl adjacent to an activating group) is 1. The fraction of sp³-hybridized carbons (Fsp3) is 0.294. The van der Waals surface area contributed by atoms with E-state index in [9.17, 15) is 4.79 Å². The summed E-state index contributed by atoms with van der Waals surface area (Å²) in [5.74, 6) is 0.153. The Morgan fingerprint density at radius 1 is 1.20 bits per heavy atom. The van der Waals surface area contributed by atoms with E-state index in [1.165, 1.54) is 7.11 Å². The Kier molecular flexibility index (Phi) is 5.98. The Labute approximate surface area is 157 Å². The van der Waals surface area contributed by atoms with Crippen LogP contribution in [0.1, 0.15) is 0 Å². The van der Waals surface area contributed by atoms with Crippen molar-refractivity contribution >= 4 is 35.0 Å². The molecule has 134 valence electrons. The van der Waals surface area contributed by atoms with Gasteiger partial charge in [0.25, 0.3) is 0 Å². The van der Waals surface area contributed by atoms with Crippen LogP contribution in [0.2, 0.25) is 10.0 Å². The van der Waals surface area contributed by atoms with Gasteiger partial charge in [0, 0.05) is 46.0 Å². The fourth-order valence-corrected chi connectivity index (χ4v) is 2.59. The minimum Gasteiger partial charge on any atom is -0.464 e. The van der Waals surface area contributed by atoms with E-state index < -0.39 is 5.97 Å². The molecule has 0 radical (unpaired) electrons. The van der Waals surface area contributed by atoms with Gasteiger partial charge in [0.1, 0.15) is 5.70 Å². The quantitative estimate of drug-likeness (QED) is 0.585. The molecule has 0 aliphatic carbocycles. The molecule has 2 aromatic rings. The molecule has 0 aliphatic rings. The third-order valence-corrected chi connectivity index (χ3v) is 4.30. The number of nitrogens with zero attached hydrogens (tertiary/aromatic N) is 4. The van der Waals surface area contributed by atoms with E-state index in [1.54, 1.807) is 39.9 Å². The van der Waals surface area contributed by atoms with Crippen LogP contribution in [0.3, 0.4) is 0 Å². The molecule has 1 aromatic heterocycles. The molecule has 0 N–H and O–H groups in total. The van der Waals surface area contributed by atoms with Crippen molar-refractivity contribution in [3.8, 4) is 11.3 Å². The summed E-state index contributed by atoms with van der Waals surface area (Å²) in [4.78, 5) is 15.5. The second-order valence-electron chi connectivity index (χ2n) is 5.67. The monoisotopic (exact) mass is 382 g/mol. The van der Waals surface area contributed by atoms with Gasteiger partial charge in [0.05, 0.1) is 22.8 Å². The summed E-state index contributed by atoms with van der Waals surface area (Å²) in [5.41, 5.74) is 2.08. The predicted octanol–water partition coefficient (Wildman–Crippen LogP) is 3.41. The maximum absolute atomic E-state index is 12.1. The van der Waals surface area contributed by atoms with Crippen LogP contribution in [0.5, 0.6) is 0 Å². The highest BCUT2D eigenvalue weighted by atomic mass is 35.5. The van der Waals surface area contributed by atoms with E-state index in [0.29, 0.717) is 21.6 Å². The van der Waals surface area contributed by atoms with Gasteiger partial charge in [-0.3, -0.25) is 4.68 Å². The van der Waals surface area contributed by atoms with Crippen LogP contribution in [0.4, 0.5) is 5.82 Å². The summed E-state index contributed by atoms with van der Waals surface area (Å²) < 4.78 is 6.58. The van der Waals surface area contributed by atoms with Gasteiger partial charge in [-0.15, -0.1) is 0 Å². The lowest BCUT2D eigenvalue weighted by Gasteiger charge is -2.20. The highest BCUT2D eigenvalue weighted by molar-refractivity contribution is 6.42. The number of halogens is 2. The summed E-state index contributed by atoms with van der Waals surface area (Å²) in [6.07, 6.45) is 1.68. The fourth-order valence-electron chi connectivity index (χ4n) is 2.29. The highest BCUT2D eigenvalue weighted by Crippen LogP contribution is 2.30. The molecule has 0 atom stereocenters. The Bertz CT molecular complexity index is 815. The number of esters is 1. The second-order valence-corrected chi connectivity index (χ2v) is 6.48. The van der Waals surface area contributed by atoms with Crippen LogP contribution in [0, 0.1) is 0 Å². The lowest BCUT2D eigenvalue weighted by atomic mass is 10.1. The van der Waals surface area contributed by atoms with Gasteiger partial charge in [0.15, 0.2) is 5.82 Å². The van der Waals surface area contributed by atoms with Gasteiger partial charge in [-0.05, 0) is 12.1 Å². The molecule has 1 aromatic carbocycles. The molecule has 0 unspecified atom stereocenters. The highest BCUT2D eigenvalue weighted by Gasteiger charge is 2.20. The number of aryl methyl sites for hydroxylation is 1. The van der Waals surface area contributed by atoms with Crippen molar-refractivity contribution in [2.45, 2.75) is 0 Å². The van der Waals surface area contributed by atoms with Gasteiger partial charge in [-0.2, -0.15) is 5.10 Å². The molecular formula is C17H20Cl2N4O2. The summed E-state index contributed by atoms with van der Waals surface area (Å²) >= 11 is 12.1. The minimum absolute atomic E-state index is 0.367. The van der Waals surface area contributed by atoms with Gasteiger partial charge in [0.2, 0.25) is 0 Å². The van der Waals surface area contributed by atoms with E-state index >= 15 is 0 Å². The third kappa shape index (κ3) is 4.27. The number of benzene rings is 1. The number of anilines is 1. The molecule has 0 aliphatic heterocycles. The topological polar surface area (TPSA) is 50.6 Å². The van der Waals surface area contributed by atoms with Crippen molar-refractivity contribution in [2.75, 3.05) is 33.2 Å². The van der Waals surface area contributed by atoms with E-state index in [2.05, 4.69) is 5.10 Å². The molecule has 0 saturated carbocycles. The molecule has 0 bridgehead atoms. The number of methoxy groups -OCH3 is 1. The molecule has 0 fully saturated rings. The normalized spacial score (nSPS) is 11.4. The number of hydrogen-bond donors (Lipinski definition) is 0. The SMILES string of the molecule is COC(=O)/C(=C\N(C)C)N(C)c1cc(-c2ccc(Cl)c(Cl)c2)n(C)n1. The van der Waals surface area contributed by atoms with Gasteiger partial charge in [-0.1, -0.05) is 29.3 Å². The molecule has 0 saturated heterocycles. The maximum Gasteiger partial charge on any atom is 0.356 e. The lowest BCUT2D eigenvalue weighted by Crippen LogP contribution is -2.26. The maximum atomic E-state index is 12.1. The number of carbonyl (C=O) groups is 1. The van der Waals surface area contributed by atoms with Crippen LogP contribution in [-0.2, 0) is 16.6 Å². The van der Waals surface area contributed by atoms with E-state index in [-0.39, 0.29) is 0 Å². The first-order valence-corrected chi connectivity index (χ1v) is 8.20. The van der Waals surface area contributed by atoms with Crippen LogP contribution < -0.4 is 4.90 Å². The summed E-state index contributed by atoms with van der Waals surface area (Å²) in [6, 6.07) is 7.25. The minimum atomic E-state index is -0.446. The van der Waals surface area contributed by atoms with Crippen LogP contribution in [0.15, 0.2) is 36.2 Å². The van der Waals surface area contributed by atoms with E-state index in [1.807, 2.05) is 33.3 Å². The average molecular weight is 383 g/mol. The first-order valence-electron chi connectivity index (χ1n) is 7.44. The van der Waals surface area contributed by atoms with E-state index in [4.69, 9.17) is 27.9 Å². The zero-order valence-corrected chi connectivity index (χ0v) is 16.3. The standard InChI is InChI=1S/C17H20Cl2N4O2/c1-21(2)10-15(17(24)25-5)22(3)16-9-14(23(4)20-16)11-6-7-12(18)13(19)8-11/h6-10H,1-5H3/b15-10+. The van der Waals surface area contributed by atoms with E-state index in [0.717, 1.165) is 11.3 Å². The molecule has 0 amide bonds. The predicted molar refractivity (Wildman–Crippen MR) is 101 cm³/mol. The molecular weight excluding hydrogens is 363 g/mol. The number of ether oxygens (including phenoxy) is 1. The van der Waals surface area contributed by atoms with Gasteiger partial charge < -0.3 is 14.5 Å². The zero-order valence-electron chi connectivity index (χ0n) is 14.7. The molecule has 6 nitrogen and oxygen atoms in total. The van der Waals surface area contributed by atoms with Crippen LogP contribution >= 0.6 is 23.2 Å². The largest absolute Gasteiger partial charge is 0.464 e. The molecule has 8 heteroatoms. The molecule has 25 heavy (non-hydrogen) atoms. The van der Waals surface area contributed by atoms with Crippen molar-refractivity contribution in [1.29, 1.82) is 0 Å². The van der Waals surface area contributed by atoms with Crippen molar-refractivity contribution < 1.29 is 9.53 Å². The first-order chi connectivity index (χ1) is 11.7. The molecule has 0 spiro atoms. The number of carbonyl (C=O) groups excluding carboxylic acids is 1.